The van der Waals surface area contributed by atoms with E-state index in [0.717, 1.165) is 5.56 Å². The number of aliphatic hydroxyl groups excluding tert-OH is 1. The quantitative estimate of drug-likeness (QED) is 0.419. The molecule has 0 unspecified atom stereocenters. The minimum atomic E-state index is -1.03. The van der Waals surface area contributed by atoms with Gasteiger partial charge in [-0.1, -0.05) is 6.07 Å². The smallest absolute Gasteiger partial charge is 0.294 e. The molecule has 0 spiro atoms. The topological polar surface area (TPSA) is 128 Å². The number of nitrogens with zero attached hydrogens (tertiary/aromatic N) is 3. The molecule has 1 aromatic carbocycles. The third-order valence-electron chi connectivity index (χ3n) is 5.20. The second-order valence-corrected chi connectivity index (χ2v) is 7.76. The second kappa shape index (κ2) is 8.55. The average molecular weight is 413 g/mol. The van der Waals surface area contributed by atoms with Crippen LogP contribution in [0.5, 0.6) is 5.75 Å². The fraction of sp³-hybridized carbons (Fsp3) is 0.429. The summed E-state index contributed by atoms with van der Waals surface area (Å²) in [6, 6.07) is 9.44. The Kier molecular flexibility index (Phi) is 6.08. The summed E-state index contributed by atoms with van der Waals surface area (Å²) in [7, 11) is 0. The maximum absolute atomic E-state index is 12.7. The third-order valence-corrected chi connectivity index (χ3v) is 5.20. The van der Waals surface area contributed by atoms with Gasteiger partial charge in [-0.15, -0.1) is 10.1 Å². The number of unbranched alkanes of at least 4 members (excludes halogenated alkanes) is 1. The van der Waals surface area contributed by atoms with Crippen LogP contribution in [0.4, 0.5) is 0 Å². The first kappa shape index (κ1) is 21.3. The number of aliphatic hydroxyl groups is 1. The Morgan fingerprint density at radius 1 is 1.33 bits per heavy atom. The van der Waals surface area contributed by atoms with E-state index in [4.69, 9.17) is 4.74 Å². The first-order valence-electron chi connectivity index (χ1n) is 9.62. The molecule has 30 heavy (non-hydrogen) atoms. The Hall–Kier alpha value is -3.38. The SMILES string of the molecule is CC1(C)Oc2ccc(C#N)cc2[C@@H](n2cc(CCCCO[N+](=O)[O-])ccc2=O)[C@@H]1O. The second-order valence-electron chi connectivity index (χ2n) is 7.76. The zero-order valence-electron chi connectivity index (χ0n) is 16.8. The fourth-order valence-corrected chi connectivity index (χ4v) is 3.62. The van der Waals surface area contributed by atoms with Crippen LogP contribution in [0.2, 0.25) is 0 Å². The Labute approximate surface area is 173 Å². The molecule has 0 bridgehead atoms. The molecule has 0 saturated carbocycles. The van der Waals surface area contributed by atoms with Gasteiger partial charge >= 0.3 is 0 Å². The Morgan fingerprint density at radius 2 is 2.10 bits per heavy atom. The van der Waals surface area contributed by atoms with Crippen LogP contribution < -0.4 is 10.3 Å². The van der Waals surface area contributed by atoms with Gasteiger partial charge in [0.1, 0.15) is 17.5 Å². The van der Waals surface area contributed by atoms with Crippen molar-refractivity contribution in [2.24, 2.45) is 0 Å². The van der Waals surface area contributed by atoms with Crippen molar-refractivity contribution in [2.45, 2.75) is 50.9 Å². The number of rotatable bonds is 7. The first-order chi connectivity index (χ1) is 14.2. The van der Waals surface area contributed by atoms with Crippen LogP contribution >= 0.6 is 0 Å². The largest absolute Gasteiger partial charge is 0.485 e. The molecule has 0 radical (unpaired) electrons. The summed E-state index contributed by atoms with van der Waals surface area (Å²) in [6.07, 6.45) is 2.40. The fourth-order valence-electron chi connectivity index (χ4n) is 3.62. The van der Waals surface area contributed by atoms with Crippen molar-refractivity contribution in [3.63, 3.8) is 0 Å². The van der Waals surface area contributed by atoms with Gasteiger partial charge < -0.3 is 19.2 Å². The number of nitriles is 1. The molecule has 2 atom stereocenters. The van der Waals surface area contributed by atoms with Crippen molar-refractivity contribution in [2.75, 3.05) is 6.61 Å². The standard InChI is InChI=1S/C21H23N3O6/c1-21(2)20(26)19(16-11-15(12-22)6-8-17(16)30-21)23-13-14(7-9-18(23)25)5-3-4-10-29-24(27)28/h6-9,11,13,19-20,26H,3-5,10H2,1-2H3/t19-,20+/m1/s1. The minimum Gasteiger partial charge on any atom is -0.485 e. The van der Waals surface area contributed by atoms with Crippen LogP contribution in [0.1, 0.15) is 49.4 Å². The summed E-state index contributed by atoms with van der Waals surface area (Å²) < 4.78 is 7.39. The molecule has 0 amide bonds. The lowest BCUT2D eigenvalue weighted by atomic mass is 9.85. The first-order valence-corrected chi connectivity index (χ1v) is 9.62. The maximum Gasteiger partial charge on any atom is 0.294 e. The molecule has 0 aliphatic carbocycles. The van der Waals surface area contributed by atoms with Gasteiger partial charge in [-0.3, -0.25) is 4.79 Å². The van der Waals surface area contributed by atoms with Gasteiger partial charge in [0.25, 0.3) is 10.6 Å². The molecule has 1 aliphatic heterocycles. The molecule has 0 saturated heterocycles. The zero-order chi connectivity index (χ0) is 21.9. The minimum absolute atomic E-state index is 0.0177. The van der Waals surface area contributed by atoms with Crippen LogP contribution in [0.25, 0.3) is 0 Å². The van der Waals surface area contributed by atoms with Gasteiger partial charge in [0.15, 0.2) is 0 Å². The van der Waals surface area contributed by atoms with E-state index in [1.807, 2.05) is 0 Å². The number of pyridine rings is 1. The van der Waals surface area contributed by atoms with Gasteiger partial charge in [0, 0.05) is 17.8 Å². The van der Waals surface area contributed by atoms with E-state index in [-0.39, 0.29) is 12.2 Å². The number of hydrogen-bond acceptors (Lipinski definition) is 7. The van der Waals surface area contributed by atoms with E-state index in [0.29, 0.717) is 36.1 Å². The van der Waals surface area contributed by atoms with Crippen LogP contribution in [0.3, 0.4) is 0 Å². The van der Waals surface area contributed by atoms with E-state index in [9.17, 15) is 25.3 Å². The average Bonchev–Trinajstić information content (AvgIpc) is 2.69. The van der Waals surface area contributed by atoms with Gasteiger partial charge in [-0.25, -0.2) is 0 Å². The van der Waals surface area contributed by atoms with E-state index in [1.54, 1.807) is 44.3 Å². The maximum atomic E-state index is 12.7. The van der Waals surface area contributed by atoms with Gasteiger partial charge in [0.2, 0.25) is 0 Å². The van der Waals surface area contributed by atoms with Gasteiger partial charge in [-0.05, 0) is 56.9 Å². The number of aromatic nitrogens is 1. The highest BCUT2D eigenvalue weighted by molar-refractivity contribution is 5.46. The highest BCUT2D eigenvalue weighted by Crippen LogP contribution is 2.41. The predicted octanol–water partition coefficient (Wildman–Crippen LogP) is 2.37. The lowest BCUT2D eigenvalue weighted by Crippen LogP contribution is -2.52. The molecule has 1 aromatic heterocycles. The van der Waals surface area contributed by atoms with E-state index in [1.165, 1.54) is 10.6 Å². The predicted molar refractivity (Wildman–Crippen MR) is 107 cm³/mol. The Morgan fingerprint density at radius 3 is 2.80 bits per heavy atom. The van der Waals surface area contributed by atoms with E-state index >= 15 is 0 Å². The number of hydrogen-bond donors (Lipinski definition) is 1. The van der Waals surface area contributed by atoms with Crippen LogP contribution in [-0.2, 0) is 11.3 Å². The summed E-state index contributed by atoms with van der Waals surface area (Å²) in [5, 5.41) is 29.7. The van der Waals surface area contributed by atoms with Crippen LogP contribution in [-0.4, -0.2) is 33.1 Å². The van der Waals surface area contributed by atoms with Crippen LogP contribution in [0, 0.1) is 21.4 Å². The lowest BCUT2D eigenvalue weighted by molar-refractivity contribution is -0.757. The number of aryl methyl sites for hydroxylation is 1. The van der Waals surface area contributed by atoms with E-state index < -0.39 is 22.8 Å². The molecule has 3 rings (SSSR count). The van der Waals surface area contributed by atoms with Crippen LogP contribution in [0.15, 0.2) is 41.3 Å². The highest BCUT2D eigenvalue weighted by Gasteiger charge is 2.44. The molecule has 1 aliphatic rings. The normalized spacial score (nSPS) is 19.3. The summed E-state index contributed by atoms with van der Waals surface area (Å²) in [5.41, 5.74) is 0.598. The third kappa shape index (κ3) is 4.44. The molecule has 1 N–H and O–H groups in total. The van der Waals surface area contributed by atoms with Gasteiger partial charge in [0.05, 0.1) is 24.3 Å². The zero-order valence-corrected chi connectivity index (χ0v) is 16.8. The van der Waals surface area contributed by atoms with Crippen molar-refractivity contribution >= 4 is 0 Å². The van der Waals surface area contributed by atoms with Crippen molar-refractivity contribution in [3.8, 4) is 11.8 Å². The molecule has 0 fully saturated rings. The summed E-state index contributed by atoms with van der Waals surface area (Å²) in [4.78, 5) is 27.2. The molecule has 9 heteroatoms. The molecule has 2 aromatic rings. The van der Waals surface area contributed by atoms with E-state index in [2.05, 4.69) is 10.9 Å². The highest BCUT2D eigenvalue weighted by atomic mass is 16.9. The van der Waals surface area contributed by atoms with Gasteiger partial charge in [-0.2, -0.15) is 5.26 Å². The summed E-state index contributed by atoms with van der Waals surface area (Å²) in [5.74, 6) is 0.517. The number of benzene rings is 1. The molecule has 9 nitrogen and oxygen atoms in total. The van der Waals surface area contributed by atoms with Crippen molar-refractivity contribution in [1.82, 2.24) is 4.57 Å². The molecule has 2 heterocycles. The Bertz CT molecular complexity index is 1040. The monoisotopic (exact) mass is 413 g/mol. The lowest BCUT2D eigenvalue weighted by Gasteiger charge is -2.42. The molecular weight excluding hydrogens is 390 g/mol. The van der Waals surface area contributed by atoms with Crippen molar-refractivity contribution < 1.29 is 19.8 Å². The molecular formula is C21H23N3O6. The Balaban J connectivity index is 1.93. The summed E-state index contributed by atoms with van der Waals surface area (Å²) >= 11 is 0. The summed E-state index contributed by atoms with van der Waals surface area (Å²) in [6.45, 7) is 3.51. The van der Waals surface area contributed by atoms with Crippen molar-refractivity contribution in [1.29, 1.82) is 5.26 Å². The number of fused-ring (bicyclic) bond motifs is 1. The molecule has 158 valence electrons. The number of ether oxygens (including phenoxy) is 1. The van der Waals surface area contributed by atoms with Crippen molar-refractivity contribution in [3.05, 3.63) is 73.7 Å².